The van der Waals surface area contributed by atoms with E-state index >= 15 is 0 Å². The second-order valence-electron chi connectivity index (χ2n) is 5.28. The molecule has 4 rings (SSSR count). The summed E-state index contributed by atoms with van der Waals surface area (Å²) in [5.74, 6) is -0.186. The number of nitrogens with one attached hydrogen (secondary N) is 1. The summed E-state index contributed by atoms with van der Waals surface area (Å²) in [5.41, 5.74) is -1.94. The van der Waals surface area contributed by atoms with Gasteiger partial charge < -0.3 is 10.4 Å². The zero-order valence-electron chi connectivity index (χ0n) is 10.1. The fourth-order valence-electron chi connectivity index (χ4n) is 2.88. The molecule has 0 saturated heterocycles. The van der Waals surface area contributed by atoms with Crippen molar-refractivity contribution in [3.8, 4) is 0 Å². The van der Waals surface area contributed by atoms with Gasteiger partial charge in [0.25, 0.3) is 0 Å². The Morgan fingerprint density at radius 3 is 2.47 bits per heavy atom. The van der Waals surface area contributed by atoms with Crippen LogP contribution in [0.1, 0.15) is 24.8 Å². The molecule has 3 fully saturated rings. The van der Waals surface area contributed by atoms with Crippen LogP contribution in [0, 0.1) is 0 Å². The monoisotopic (exact) mass is 291 g/mol. The molecule has 19 heavy (non-hydrogen) atoms. The number of thioether (sulfide) groups is 1. The average molecular weight is 291 g/mol. The van der Waals surface area contributed by atoms with Crippen molar-refractivity contribution in [3.05, 3.63) is 11.8 Å². The Labute approximate surface area is 111 Å². The largest absolute Gasteiger partial charge is 0.421 e. The first-order valence-electron chi connectivity index (χ1n) is 5.74. The molecule has 0 amide bonds. The van der Waals surface area contributed by atoms with Gasteiger partial charge in [0.2, 0.25) is 0 Å². The van der Waals surface area contributed by atoms with Gasteiger partial charge in [-0.25, -0.2) is 9.97 Å². The number of hydrogen-bond acceptors (Lipinski definition) is 5. The first-order valence-corrected chi connectivity index (χ1v) is 6.97. The number of aliphatic hydroxyl groups is 1. The molecule has 104 valence electrons. The van der Waals surface area contributed by atoms with Gasteiger partial charge in [-0.15, -0.1) is 0 Å². The summed E-state index contributed by atoms with van der Waals surface area (Å²) in [4.78, 5) is 7.58. The van der Waals surface area contributed by atoms with E-state index in [4.69, 9.17) is 0 Å². The van der Waals surface area contributed by atoms with Crippen LogP contribution in [0.3, 0.4) is 0 Å². The predicted molar refractivity (Wildman–Crippen MR) is 64.0 cm³/mol. The van der Waals surface area contributed by atoms with Crippen LogP contribution >= 0.6 is 11.8 Å². The quantitative estimate of drug-likeness (QED) is 0.661. The number of halogens is 3. The van der Waals surface area contributed by atoms with Crippen LogP contribution in [-0.4, -0.2) is 32.5 Å². The normalized spacial score (nSPS) is 32.5. The minimum atomic E-state index is -4.49. The number of hydrogen-bond donors (Lipinski definition) is 2. The molecule has 1 aromatic heterocycles. The summed E-state index contributed by atoms with van der Waals surface area (Å²) in [6, 6.07) is 0. The number of aromatic nitrogens is 2. The highest BCUT2D eigenvalue weighted by atomic mass is 32.2. The Hall–Kier alpha value is -1.02. The van der Waals surface area contributed by atoms with Crippen molar-refractivity contribution >= 4 is 17.6 Å². The van der Waals surface area contributed by atoms with Crippen molar-refractivity contribution in [1.29, 1.82) is 0 Å². The third-order valence-corrected chi connectivity index (χ3v) is 4.20. The molecule has 8 heteroatoms. The van der Waals surface area contributed by atoms with Gasteiger partial charge in [0.05, 0.1) is 5.60 Å². The van der Waals surface area contributed by atoms with Gasteiger partial charge in [0.15, 0.2) is 5.16 Å². The molecule has 3 aliphatic rings. The van der Waals surface area contributed by atoms with Crippen LogP contribution in [0.5, 0.6) is 0 Å². The maximum atomic E-state index is 12.9. The van der Waals surface area contributed by atoms with Crippen molar-refractivity contribution in [2.75, 3.05) is 11.6 Å². The van der Waals surface area contributed by atoms with Crippen LogP contribution in [0.15, 0.2) is 11.4 Å². The van der Waals surface area contributed by atoms with Crippen LogP contribution in [0.25, 0.3) is 0 Å². The van der Waals surface area contributed by atoms with Crippen LogP contribution in [0.2, 0.25) is 0 Å². The van der Waals surface area contributed by atoms with Crippen LogP contribution in [-0.2, 0) is 6.18 Å². The van der Waals surface area contributed by atoms with E-state index in [-0.39, 0.29) is 5.82 Å². The highest BCUT2D eigenvalue weighted by Gasteiger charge is 2.68. The topological polar surface area (TPSA) is 58.0 Å². The Morgan fingerprint density at radius 2 is 2.00 bits per heavy atom. The van der Waals surface area contributed by atoms with Gasteiger partial charge in [-0.2, -0.15) is 13.2 Å². The Morgan fingerprint density at radius 1 is 1.37 bits per heavy atom. The summed E-state index contributed by atoms with van der Waals surface area (Å²) in [6.07, 6.45) is -0.529. The molecular formula is C11H12F3N3OS. The molecule has 0 unspecified atom stereocenters. The van der Waals surface area contributed by atoms with E-state index in [0.29, 0.717) is 24.4 Å². The molecule has 0 aliphatic heterocycles. The molecule has 0 spiro atoms. The van der Waals surface area contributed by atoms with Gasteiger partial charge in [0, 0.05) is 11.7 Å². The summed E-state index contributed by atoms with van der Waals surface area (Å²) in [5, 5.41) is 12.8. The Bertz CT molecular complexity index is 515. The zero-order chi connectivity index (χ0) is 13.9. The molecule has 0 radical (unpaired) electrons. The summed E-state index contributed by atoms with van der Waals surface area (Å²) >= 11 is 1.19. The van der Waals surface area contributed by atoms with E-state index in [1.807, 2.05) is 0 Å². The fraction of sp³-hybridized carbons (Fsp3) is 0.636. The summed E-state index contributed by atoms with van der Waals surface area (Å²) in [7, 11) is 0. The van der Waals surface area contributed by atoms with Gasteiger partial charge in [-0.3, -0.25) is 0 Å². The lowest BCUT2D eigenvalue weighted by Gasteiger charge is -2.67. The lowest BCUT2D eigenvalue weighted by atomic mass is 9.46. The van der Waals surface area contributed by atoms with Crippen molar-refractivity contribution in [2.24, 2.45) is 0 Å². The minimum absolute atomic E-state index is 0.186. The van der Waals surface area contributed by atoms with Gasteiger partial charge in [-0.05, 0) is 25.5 Å². The van der Waals surface area contributed by atoms with Crippen molar-refractivity contribution < 1.29 is 18.3 Å². The minimum Gasteiger partial charge on any atom is -0.390 e. The molecule has 2 N–H and O–H groups in total. The third-order valence-electron chi connectivity index (χ3n) is 3.64. The smallest absolute Gasteiger partial charge is 0.390 e. The van der Waals surface area contributed by atoms with Crippen LogP contribution in [0.4, 0.5) is 19.0 Å². The second-order valence-corrected chi connectivity index (χ2v) is 6.05. The van der Waals surface area contributed by atoms with E-state index in [9.17, 15) is 18.3 Å². The summed E-state index contributed by atoms with van der Waals surface area (Å²) < 4.78 is 38.7. The molecule has 2 bridgehead atoms. The molecular weight excluding hydrogens is 279 g/mol. The predicted octanol–water partition coefficient (Wildman–Crippen LogP) is 2.30. The van der Waals surface area contributed by atoms with E-state index in [1.165, 1.54) is 11.8 Å². The first kappa shape index (κ1) is 13.0. The number of nitrogens with zero attached hydrogens (tertiary/aromatic N) is 2. The van der Waals surface area contributed by atoms with E-state index in [1.54, 1.807) is 6.26 Å². The lowest BCUT2D eigenvalue weighted by Crippen LogP contribution is -2.75. The molecule has 0 aromatic carbocycles. The second kappa shape index (κ2) is 3.76. The van der Waals surface area contributed by atoms with Crippen LogP contribution < -0.4 is 5.32 Å². The Kier molecular flexibility index (Phi) is 2.57. The SMILES string of the molecule is CSc1ncc(C(F)(F)F)c(NC23CC(O)(C2)C3)n1. The molecule has 1 heterocycles. The van der Waals surface area contributed by atoms with Crippen molar-refractivity contribution in [1.82, 2.24) is 9.97 Å². The maximum Gasteiger partial charge on any atom is 0.421 e. The summed E-state index contributed by atoms with van der Waals surface area (Å²) in [6.45, 7) is 0. The number of rotatable bonds is 3. The van der Waals surface area contributed by atoms with Gasteiger partial charge in [-0.1, -0.05) is 11.8 Å². The lowest BCUT2D eigenvalue weighted by molar-refractivity contribution is -0.195. The molecule has 3 saturated carbocycles. The average Bonchev–Trinajstić information content (AvgIpc) is 2.23. The fourth-order valence-corrected chi connectivity index (χ4v) is 3.23. The highest BCUT2D eigenvalue weighted by Crippen LogP contribution is 2.61. The number of alkyl halides is 3. The molecule has 0 atom stereocenters. The molecule has 1 aromatic rings. The maximum absolute atomic E-state index is 12.9. The Balaban J connectivity index is 1.90. The first-order chi connectivity index (χ1) is 8.75. The highest BCUT2D eigenvalue weighted by molar-refractivity contribution is 7.98. The standard InChI is InChI=1S/C11H12F3N3OS/c1-19-8-15-2-6(11(12,13)14)7(16-8)17-9-3-10(18,4-9)5-9/h2,18H,3-5H2,1H3,(H,15,16,17). The molecule has 4 nitrogen and oxygen atoms in total. The van der Waals surface area contributed by atoms with Gasteiger partial charge in [0.1, 0.15) is 11.4 Å². The van der Waals surface area contributed by atoms with E-state index in [2.05, 4.69) is 15.3 Å². The van der Waals surface area contributed by atoms with E-state index in [0.717, 1.165) is 6.20 Å². The van der Waals surface area contributed by atoms with Crippen molar-refractivity contribution in [3.63, 3.8) is 0 Å². The van der Waals surface area contributed by atoms with Gasteiger partial charge >= 0.3 is 6.18 Å². The third kappa shape index (κ3) is 2.06. The number of anilines is 1. The zero-order valence-corrected chi connectivity index (χ0v) is 10.9. The molecule has 3 aliphatic carbocycles. The van der Waals surface area contributed by atoms with Crippen molar-refractivity contribution in [2.45, 2.75) is 41.7 Å². The van der Waals surface area contributed by atoms with E-state index < -0.39 is 22.9 Å².